The van der Waals surface area contributed by atoms with Gasteiger partial charge in [-0.3, -0.25) is 4.98 Å². The number of hydrogen-bond donors (Lipinski definition) is 1. The number of hydrogen-bond acceptors (Lipinski definition) is 3. The second-order valence-corrected chi connectivity index (χ2v) is 5.80. The van der Waals surface area contributed by atoms with Crippen LogP contribution in [0.15, 0.2) is 18.3 Å². The third-order valence-corrected chi connectivity index (χ3v) is 4.54. The van der Waals surface area contributed by atoms with Gasteiger partial charge in [0.05, 0.1) is 6.61 Å². The van der Waals surface area contributed by atoms with Gasteiger partial charge >= 0.3 is 0 Å². The molecule has 2 heterocycles. The van der Waals surface area contributed by atoms with Gasteiger partial charge in [-0.25, -0.2) is 0 Å². The van der Waals surface area contributed by atoms with Gasteiger partial charge in [0.15, 0.2) is 0 Å². The van der Waals surface area contributed by atoms with Crippen molar-refractivity contribution >= 4 is 0 Å². The maximum absolute atomic E-state index is 5.61. The van der Waals surface area contributed by atoms with E-state index in [-0.39, 0.29) is 0 Å². The maximum Gasteiger partial charge on any atom is 0.0510 e. The zero-order chi connectivity index (χ0) is 13.1. The van der Waals surface area contributed by atoms with Crippen molar-refractivity contribution in [2.24, 2.45) is 5.92 Å². The average molecular weight is 260 g/mol. The number of nitrogens with zero attached hydrogens (tertiary/aromatic N) is 1. The summed E-state index contributed by atoms with van der Waals surface area (Å²) >= 11 is 0. The summed E-state index contributed by atoms with van der Waals surface area (Å²) < 4.78 is 5.61. The van der Waals surface area contributed by atoms with Crippen LogP contribution in [0.4, 0.5) is 0 Å². The Kier molecular flexibility index (Phi) is 4.14. The first kappa shape index (κ1) is 13.1. The van der Waals surface area contributed by atoms with Crippen LogP contribution in [0.1, 0.15) is 43.4 Å². The minimum absolute atomic E-state index is 0.540. The summed E-state index contributed by atoms with van der Waals surface area (Å²) in [5, 5.41) is 3.77. The molecular formula is C16H24N2O. The second-order valence-electron chi connectivity index (χ2n) is 5.80. The summed E-state index contributed by atoms with van der Waals surface area (Å²) in [7, 11) is 0. The van der Waals surface area contributed by atoms with Gasteiger partial charge in [-0.1, -0.05) is 13.0 Å². The molecule has 3 heteroatoms. The third kappa shape index (κ3) is 2.67. The van der Waals surface area contributed by atoms with Crippen LogP contribution in [0.25, 0.3) is 0 Å². The highest BCUT2D eigenvalue weighted by molar-refractivity contribution is 5.30. The highest BCUT2D eigenvalue weighted by Gasteiger charge is 2.36. The molecule has 1 aliphatic heterocycles. The highest BCUT2D eigenvalue weighted by Crippen LogP contribution is 2.37. The van der Waals surface area contributed by atoms with Crippen molar-refractivity contribution < 1.29 is 4.74 Å². The summed E-state index contributed by atoms with van der Waals surface area (Å²) in [6.07, 6.45) is 6.75. The van der Waals surface area contributed by atoms with Gasteiger partial charge in [-0.2, -0.15) is 0 Å². The lowest BCUT2D eigenvalue weighted by atomic mass is 9.85. The van der Waals surface area contributed by atoms with Crippen LogP contribution in [0, 0.1) is 5.92 Å². The first-order chi connectivity index (χ1) is 9.40. The topological polar surface area (TPSA) is 34.1 Å². The first-order valence-electron chi connectivity index (χ1n) is 7.65. The number of nitrogens with one attached hydrogen (secondary N) is 1. The van der Waals surface area contributed by atoms with E-state index in [1.165, 1.54) is 36.9 Å². The predicted octanol–water partition coefficient (Wildman–Crippen LogP) is 2.52. The molecule has 2 aliphatic rings. The van der Waals surface area contributed by atoms with Crippen molar-refractivity contribution in [2.75, 3.05) is 19.8 Å². The van der Waals surface area contributed by atoms with Gasteiger partial charge in [-0.05, 0) is 43.9 Å². The lowest BCUT2D eigenvalue weighted by Gasteiger charge is -2.29. The van der Waals surface area contributed by atoms with E-state index >= 15 is 0 Å². The zero-order valence-electron chi connectivity index (χ0n) is 11.8. The van der Waals surface area contributed by atoms with Crippen LogP contribution >= 0.6 is 0 Å². The molecule has 3 unspecified atom stereocenters. The average Bonchev–Trinajstić information content (AvgIpc) is 3.09. The number of rotatable bonds is 5. The Balaban J connectivity index is 1.79. The van der Waals surface area contributed by atoms with Crippen LogP contribution in [0.3, 0.4) is 0 Å². The van der Waals surface area contributed by atoms with Crippen molar-refractivity contribution in [1.82, 2.24) is 10.3 Å². The minimum atomic E-state index is 0.540. The van der Waals surface area contributed by atoms with Crippen molar-refractivity contribution in [3.63, 3.8) is 0 Å². The molecular weight excluding hydrogens is 236 g/mol. The Morgan fingerprint density at radius 1 is 1.47 bits per heavy atom. The Morgan fingerprint density at radius 2 is 2.42 bits per heavy atom. The number of ether oxygens (including phenoxy) is 1. The normalized spacial score (nSPS) is 27.4. The maximum atomic E-state index is 5.61. The summed E-state index contributed by atoms with van der Waals surface area (Å²) in [5.74, 6) is 1.24. The van der Waals surface area contributed by atoms with E-state index in [0.717, 1.165) is 19.8 Å². The standard InChI is InChI=1S/C16H24N2O/c1-2-8-17-16(13-7-10-19-11-13)14-6-5-12-4-3-9-18-15(12)14/h3-4,9,13-14,16-17H,2,5-8,10-11H2,1H3. The fourth-order valence-corrected chi connectivity index (χ4v) is 3.58. The lowest BCUT2D eigenvalue weighted by molar-refractivity contribution is 0.171. The van der Waals surface area contributed by atoms with Gasteiger partial charge in [-0.15, -0.1) is 0 Å². The molecule has 0 aromatic carbocycles. The van der Waals surface area contributed by atoms with Gasteiger partial charge in [0, 0.05) is 36.4 Å². The van der Waals surface area contributed by atoms with Crippen molar-refractivity contribution in [1.29, 1.82) is 0 Å². The smallest absolute Gasteiger partial charge is 0.0510 e. The van der Waals surface area contributed by atoms with Gasteiger partial charge in [0.1, 0.15) is 0 Å². The van der Waals surface area contributed by atoms with Crippen molar-refractivity contribution in [3.05, 3.63) is 29.6 Å². The van der Waals surface area contributed by atoms with Crippen molar-refractivity contribution in [2.45, 2.75) is 44.6 Å². The molecule has 19 heavy (non-hydrogen) atoms. The monoisotopic (exact) mass is 260 g/mol. The number of fused-ring (bicyclic) bond motifs is 1. The summed E-state index contributed by atoms with van der Waals surface area (Å²) in [4.78, 5) is 4.66. The van der Waals surface area contributed by atoms with Gasteiger partial charge in [0.25, 0.3) is 0 Å². The molecule has 3 nitrogen and oxygen atoms in total. The number of aromatic nitrogens is 1. The molecule has 1 saturated heterocycles. The van der Waals surface area contributed by atoms with Crippen LogP contribution in [-0.2, 0) is 11.2 Å². The van der Waals surface area contributed by atoms with E-state index in [1.54, 1.807) is 0 Å². The fraction of sp³-hybridized carbons (Fsp3) is 0.688. The summed E-state index contributed by atoms with van der Waals surface area (Å²) in [5.41, 5.74) is 2.79. The molecule has 0 spiro atoms. The minimum Gasteiger partial charge on any atom is -0.381 e. The molecule has 0 saturated carbocycles. The van der Waals surface area contributed by atoms with Gasteiger partial charge in [0.2, 0.25) is 0 Å². The van der Waals surface area contributed by atoms with E-state index < -0.39 is 0 Å². The zero-order valence-corrected chi connectivity index (χ0v) is 11.8. The van der Waals surface area contributed by atoms with E-state index in [2.05, 4.69) is 29.4 Å². The number of pyridine rings is 1. The Morgan fingerprint density at radius 3 is 3.21 bits per heavy atom. The molecule has 3 atom stereocenters. The van der Waals surface area contributed by atoms with E-state index in [1.807, 2.05) is 6.20 Å². The van der Waals surface area contributed by atoms with Crippen molar-refractivity contribution in [3.8, 4) is 0 Å². The second kappa shape index (κ2) is 6.02. The van der Waals surface area contributed by atoms with E-state index in [9.17, 15) is 0 Å². The first-order valence-corrected chi connectivity index (χ1v) is 7.65. The Labute approximate surface area is 115 Å². The molecule has 1 fully saturated rings. The van der Waals surface area contributed by atoms with Crippen LogP contribution in [-0.4, -0.2) is 30.8 Å². The molecule has 1 aliphatic carbocycles. The molecule has 1 aromatic rings. The van der Waals surface area contributed by atoms with E-state index in [4.69, 9.17) is 4.74 Å². The van der Waals surface area contributed by atoms with Crippen LogP contribution < -0.4 is 5.32 Å². The SMILES string of the molecule is CCCNC(C1CCOC1)C1CCc2cccnc21. The lowest BCUT2D eigenvalue weighted by Crippen LogP contribution is -2.41. The molecule has 0 radical (unpaired) electrons. The summed E-state index contributed by atoms with van der Waals surface area (Å²) in [6.45, 7) is 5.17. The fourth-order valence-electron chi connectivity index (χ4n) is 3.58. The Hall–Kier alpha value is -0.930. The highest BCUT2D eigenvalue weighted by atomic mass is 16.5. The van der Waals surface area contributed by atoms with Crippen LogP contribution in [0.2, 0.25) is 0 Å². The molecule has 0 bridgehead atoms. The Bertz CT molecular complexity index is 415. The van der Waals surface area contributed by atoms with E-state index in [0.29, 0.717) is 17.9 Å². The number of aryl methyl sites for hydroxylation is 1. The molecule has 104 valence electrons. The third-order valence-electron chi connectivity index (χ3n) is 4.54. The summed E-state index contributed by atoms with van der Waals surface area (Å²) in [6, 6.07) is 4.84. The molecule has 1 aromatic heterocycles. The molecule has 0 amide bonds. The van der Waals surface area contributed by atoms with Gasteiger partial charge < -0.3 is 10.1 Å². The molecule has 1 N–H and O–H groups in total. The molecule has 3 rings (SSSR count). The largest absolute Gasteiger partial charge is 0.381 e. The predicted molar refractivity (Wildman–Crippen MR) is 76.3 cm³/mol. The quantitative estimate of drug-likeness (QED) is 0.883. The van der Waals surface area contributed by atoms with Crippen LogP contribution in [0.5, 0.6) is 0 Å².